The first-order chi connectivity index (χ1) is 12.9. The van der Waals surface area contributed by atoms with E-state index >= 15 is 0 Å². The number of benzene rings is 2. The Balaban J connectivity index is 1.76. The first-order valence-electron chi connectivity index (χ1n) is 7.78. The van der Waals surface area contributed by atoms with E-state index in [0.29, 0.717) is 16.8 Å². The van der Waals surface area contributed by atoms with Gasteiger partial charge >= 0.3 is 5.97 Å². The van der Waals surface area contributed by atoms with E-state index < -0.39 is 17.7 Å². The van der Waals surface area contributed by atoms with E-state index in [0.717, 1.165) is 0 Å². The van der Waals surface area contributed by atoms with Gasteiger partial charge in [0.2, 0.25) is 0 Å². The van der Waals surface area contributed by atoms with Crippen molar-refractivity contribution < 1.29 is 28.4 Å². The van der Waals surface area contributed by atoms with Crippen molar-refractivity contribution in [2.45, 2.75) is 6.92 Å². The second kappa shape index (κ2) is 7.20. The number of carboxylic acid groups (broad SMARTS) is 1. The predicted molar refractivity (Wildman–Crippen MR) is 92.4 cm³/mol. The van der Waals surface area contributed by atoms with E-state index in [9.17, 15) is 18.8 Å². The molecule has 136 valence electrons. The van der Waals surface area contributed by atoms with E-state index in [-0.39, 0.29) is 22.8 Å². The lowest BCUT2D eigenvalue weighted by atomic mass is 10.0. The molecular weight excluding hydrogens is 355 g/mol. The van der Waals surface area contributed by atoms with Gasteiger partial charge in [-0.3, -0.25) is 9.59 Å². The second-order valence-electron chi connectivity index (χ2n) is 5.64. The van der Waals surface area contributed by atoms with Crippen LogP contribution in [0.15, 0.2) is 53.1 Å². The maximum atomic E-state index is 12.9. The number of carbonyl (C=O) groups excluding carboxylic acids is 2. The zero-order valence-corrected chi connectivity index (χ0v) is 14.0. The Labute approximate surface area is 152 Å². The fraction of sp³-hybridized carbons (Fsp3) is 0.0526. The molecule has 0 aliphatic carbocycles. The number of halogens is 1. The molecule has 0 aliphatic rings. The Morgan fingerprint density at radius 2 is 1.56 bits per heavy atom. The average Bonchev–Trinajstić information content (AvgIpc) is 3.04. The molecule has 27 heavy (non-hydrogen) atoms. The van der Waals surface area contributed by atoms with Crippen molar-refractivity contribution in [1.82, 2.24) is 5.16 Å². The second-order valence-corrected chi connectivity index (χ2v) is 5.64. The van der Waals surface area contributed by atoms with Crippen molar-refractivity contribution in [3.8, 4) is 0 Å². The average molecular weight is 368 g/mol. The number of amides is 1. The van der Waals surface area contributed by atoms with Crippen LogP contribution in [0.4, 0.5) is 10.1 Å². The molecule has 1 heterocycles. The van der Waals surface area contributed by atoms with Crippen LogP contribution < -0.4 is 5.32 Å². The van der Waals surface area contributed by atoms with E-state index in [4.69, 9.17) is 9.63 Å². The van der Waals surface area contributed by atoms with Crippen LogP contribution in [0.25, 0.3) is 0 Å². The number of hydrogen-bond donors (Lipinski definition) is 2. The van der Waals surface area contributed by atoms with Gasteiger partial charge < -0.3 is 14.9 Å². The van der Waals surface area contributed by atoms with Gasteiger partial charge in [0.1, 0.15) is 17.1 Å². The third kappa shape index (κ3) is 3.74. The molecule has 0 unspecified atom stereocenters. The fourth-order valence-corrected chi connectivity index (χ4v) is 2.44. The summed E-state index contributed by atoms with van der Waals surface area (Å²) in [6.07, 6.45) is 0. The summed E-state index contributed by atoms with van der Waals surface area (Å²) in [5.74, 6) is -2.78. The number of ketones is 1. The molecule has 0 bridgehead atoms. The Kier molecular flexibility index (Phi) is 4.80. The number of carbonyl (C=O) groups is 3. The number of aromatic carboxylic acids is 1. The number of nitrogens with one attached hydrogen (secondary N) is 1. The van der Waals surface area contributed by atoms with Gasteiger partial charge in [-0.2, -0.15) is 0 Å². The topological polar surface area (TPSA) is 110 Å². The first-order valence-corrected chi connectivity index (χ1v) is 7.78. The molecule has 7 nitrogen and oxygen atoms in total. The van der Waals surface area contributed by atoms with E-state index in [2.05, 4.69) is 10.5 Å². The van der Waals surface area contributed by atoms with Gasteiger partial charge in [-0.15, -0.1) is 0 Å². The number of hydrogen-bond acceptors (Lipinski definition) is 5. The van der Waals surface area contributed by atoms with Crippen molar-refractivity contribution in [3.05, 3.63) is 82.5 Å². The smallest absolute Gasteiger partial charge is 0.341 e. The zero-order chi connectivity index (χ0) is 19.6. The van der Waals surface area contributed by atoms with Gasteiger partial charge in [-0.25, -0.2) is 9.18 Å². The van der Waals surface area contributed by atoms with Crippen LogP contribution >= 0.6 is 0 Å². The highest BCUT2D eigenvalue weighted by atomic mass is 19.1. The normalized spacial score (nSPS) is 10.4. The molecule has 0 atom stereocenters. The monoisotopic (exact) mass is 368 g/mol. The molecule has 2 aromatic carbocycles. The molecule has 3 aromatic rings. The Morgan fingerprint density at radius 3 is 2.11 bits per heavy atom. The number of carboxylic acids is 1. The Morgan fingerprint density at radius 1 is 1.00 bits per heavy atom. The van der Waals surface area contributed by atoms with E-state index in [1.165, 1.54) is 55.5 Å². The van der Waals surface area contributed by atoms with Crippen molar-refractivity contribution in [1.29, 1.82) is 0 Å². The molecule has 8 heteroatoms. The summed E-state index contributed by atoms with van der Waals surface area (Å²) in [5.41, 5.74) is 0.371. The van der Waals surface area contributed by atoms with Crippen LogP contribution in [0, 0.1) is 12.7 Å². The predicted octanol–water partition coefficient (Wildman–Crippen LogP) is 3.30. The fourth-order valence-electron chi connectivity index (χ4n) is 2.44. The summed E-state index contributed by atoms with van der Waals surface area (Å²) in [7, 11) is 0. The van der Waals surface area contributed by atoms with E-state index in [1.54, 1.807) is 0 Å². The third-order valence-electron chi connectivity index (χ3n) is 3.80. The summed E-state index contributed by atoms with van der Waals surface area (Å²) in [4.78, 5) is 35.8. The minimum absolute atomic E-state index is 0.0212. The third-order valence-corrected chi connectivity index (χ3v) is 3.80. The highest BCUT2D eigenvalue weighted by molar-refractivity contribution is 6.11. The van der Waals surface area contributed by atoms with E-state index in [1.807, 2.05) is 0 Å². The summed E-state index contributed by atoms with van der Waals surface area (Å²) < 4.78 is 17.7. The van der Waals surface area contributed by atoms with Crippen LogP contribution in [0.3, 0.4) is 0 Å². The maximum Gasteiger partial charge on any atom is 0.341 e. The lowest BCUT2D eigenvalue weighted by Crippen LogP contribution is -2.16. The molecule has 0 saturated heterocycles. The van der Waals surface area contributed by atoms with Crippen molar-refractivity contribution in [2.75, 3.05) is 5.32 Å². The number of rotatable bonds is 5. The summed E-state index contributed by atoms with van der Waals surface area (Å²) >= 11 is 0. The van der Waals surface area contributed by atoms with Crippen molar-refractivity contribution in [2.24, 2.45) is 0 Å². The Bertz CT molecular complexity index is 1020. The minimum atomic E-state index is -1.32. The SMILES string of the molecule is Cc1onc(C(=O)Nc2ccc(C(=O)c3ccc(F)cc3)cc2)c1C(=O)O. The van der Waals surface area contributed by atoms with Gasteiger partial charge in [0.05, 0.1) is 0 Å². The summed E-state index contributed by atoms with van der Waals surface area (Å²) in [6.45, 7) is 1.39. The lowest BCUT2D eigenvalue weighted by Gasteiger charge is -2.06. The van der Waals surface area contributed by atoms with Crippen LogP contribution in [-0.2, 0) is 0 Å². The molecule has 1 amide bonds. The van der Waals surface area contributed by atoms with Crippen molar-refractivity contribution in [3.63, 3.8) is 0 Å². The quantitative estimate of drug-likeness (QED) is 0.669. The highest BCUT2D eigenvalue weighted by Crippen LogP contribution is 2.18. The standard InChI is InChI=1S/C19H13FN2O5/c1-10-15(19(25)26)16(22-27-10)18(24)21-14-8-4-12(5-9-14)17(23)11-2-6-13(20)7-3-11/h2-9H,1H3,(H,21,24)(H,25,26). The molecule has 1 aromatic heterocycles. The number of nitrogens with zero attached hydrogens (tertiary/aromatic N) is 1. The number of aryl methyl sites for hydroxylation is 1. The number of aromatic nitrogens is 1. The Hall–Kier alpha value is -3.81. The van der Waals surface area contributed by atoms with Gasteiger partial charge in [0, 0.05) is 16.8 Å². The minimum Gasteiger partial charge on any atom is -0.477 e. The highest BCUT2D eigenvalue weighted by Gasteiger charge is 2.25. The zero-order valence-electron chi connectivity index (χ0n) is 14.0. The summed E-state index contributed by atoms with van der Waals surface area (Å²) in [5, 5.41) is 15.1. The van der Waals surface area contributed by atoms with Gasteiger partial charge in [0.15, 0.2) is 11.5 Å². The van der Waals surface area contributed by atoms with Crippen LogP contribution in [0.1, 0.15) is 42.5 Å². The molecular formula is C19H13FN2O5. The maximum absolute atomic E-state index is 12.9. The van der Waals surface area contributed by atoms with Gasteiger partial charge in [0.25, 0.3) is 5.91 Å². The molecule has 0 radical (unpaired) electrons. The molecule has 0 spiro atoms. The summed E-state index contributed by atoms with van der Waals surface area (Å²) in [6, 6.07) is 11.1. The van der Waals surface area contributed by atoms with Crippen LogP contribution in [-0.4, -0.2) is 27.9 Å². The van der Waals surface area contributed by atoms with Crippen LogP contribution in [0.5, 0.6) is 0 Å². The van der Waals surface area contributed by atoms with Gasteiger partial charge in [-0.1, -0.05) is 5.16 Å². The molecule has 2 N–H and O–H groups in total. The molecule has 0 fully saturated rings. The van der Waals surface area contributed by atoms with Crippen molar-refractivity contribution >= 4 is 23.3 Å². The first kappa shape index (κ1) is 18.0. The molecule has 3 rings (SSSR count). The largest absolute Gasteiger partial charge is 0.477 e. The molecule has 0 saturated carbocycles. The lowest BCUT2D eigenvalue weighted by molar-refractivity contribution is 0.0691. The van der Waals surface area contributed by atoms with Gasteiger partial charge in [-0.05, 0) is 55.5 Å². The molecule has 0 aliphatic heterocycles. The van der Waals surface area contributed by atoms with Crippen LogP contribution in [0.2, 0.25) is 0 Å². The number of anilines is 1.